The molecule has 4 N–H and O–H groups in total. The fourth-order valence-corrected chi connectivity index (χ4v) is 5.57. The molecule has 4 rings (SSSR count). The zero-order valence-electron chi connectivity index (χ0n) is 18.0. The number of amides is 1. The first-order valence-electron chi connectivity index (χ1n) is 10.5. The number of benzene rings is 2. The van der Waals surface area contributed by atoms with Gasteiger partial charge < -0.3 is 20.5 Å². The SMILES string of the molecule is NC=NC(=S)NS(=O)(=O)c1ccc(N2CC[C@H](NC(=O)Cn3ccc4cccc(Cl)c43)C2)cc1.[HH]. The third kappa shape index (κ3) is 5.32. The van der Waals surface area contributed by atoms with Crippen molar-refractivity contribution in [1.82, 2.24) is 14.6 Å². The maximum Gasteiger partial charge on any atom is 0.263 e. The summed E-state index contributed by atoms with van der Waals surface area (Å²) >= 11 is 11.1. The minimum Gasteiger partial charge on any atom is -0.390 e. The highest BCUT2D eigenvalue weighted by molar-refractivity contribution is 7.91. The van der Waals surface area contributed by atoms with E-state index >= 15 is 0 Å². The first kappa shape index (κ1) is 24.0. The van der Waals surface area contributed by atoms with Crippen molar-refractivity contribution in [3.05, 3.63) is 59.8 Å². The largest absolute Gasteiger partial charge is 0.390 e. The molecular weight excluding hydrogens is 496 g/mol. The maximum absolute atomic E-state index is 12.7. The smallest absolute Gasteiger partial charge is 0.263 e. The van der Waals surface area contributed by atoms with Crippen molar-refractivity contribution in [3.63, 3.8) is 0 Å². The minimum absolute atomic E-state index is 0. The molecule has 2 heterocycles. The van der Waals surface area contributed by atoms with Crippen LogP contribution in [0.3, 0.4) is 0 Å². The molecule has 0 saturated carbocycles. The van der Waals surface area contributed by atoms with Gasteiger partial charge in [-0.05, 0) is 55.0 Å². The highest BCUT2D eigenvalue weighted by Gasteiger charge is 2.25. The number of hydrogen-bond acceptors (Lipinski definition) is 5. The molecule has 2 aromatic carbocycles. The number of anilines is 1. The number of carbonyl (C=O) groups is 1. The highest BCUT2D eigenvalue weighted by Crippen LogP contribution is 2.25. The van der Waals surface area contributed by atoms with Crippen molar-refractivity contribution in [2.24, 2.45) is 10.7 Å². The fraction of sp³-hybridized carbons (Fsp3) is 0.227. The molecule has 1 fully saturated rings. The summed E-state index contributed by atoms with van der Waals surface area (Å²) in [6, 6.07) is 14.0. The third-order valence-electron chi connectivity index (χ3n) is 5.53. The Labute approximate surface area is 209 Å². The Morgan fingerprint density at radius 3 is 2.76 bits per heavy atom. The molecular formula is C22H25ClN6O3S2. The average molecular weight is 521 g/mol. The molecule has 180 valence electrons. The summed E-state index contributed by atoms with van der Waals surface area (Å²) < 4.78 is 28.8. The van der Waals surface area contributed by atoms with E-state index < -0.39 is 10.0 Å². The van der Waals surface area contributed by atoms with E-state index in [1.165, 1.54) is 12.1 Å². The zero-order valence-corrected chi connectivity index (χ0v) is 20.4. The molecule has 0 unspecified atom stereocenters. The first-order valence-corrected chi connectivity index (χ1v) is 12.7. The molecule has 1 saturated heterocycles. The van der Waals surface area contributed by atoms with Gasteiger partial charge in [-0.25, -0.2) is 13.4 Å². The Bertz CT molecular complexity index is 1360. The van der Waals surface area contributed by atoms with E-state index in [4.69, 9.17) is 29.6 Å². The zero-order chi connectivity index (χ0) is 24.3. The third-order valence-corrected chi connectivity index (χ3v) is 7.53. The Balaban J connectivity index is 0.00000342. The lowest BCUT2D eigenvalue weighted by Crippen LogP contribution is -2.38. The van der Waals surface area contributed by atoms with E-state index in [1.807, 2.05) is 35.0 Å². The second-order valence-corrected chi connectivity index (χ2v) is 10.3. The molecule has 1 amide bonds. The summed E-state index contributed by atoms with van der Waals surface area (Å²) in [7, 11) is -3.84. The van der Waals surface area contributed by atoms with Crippen LogP contribution >= 0.6 is 23.8 Å². The van der Waals surface area contributed by atoms with Crippen molar-refractivity contribution in [3.8, 4) is 0 Å². The van der Waals surface area contributed by atoms with Gasteiger partial charge in [0.1, 0.15) is 6.54 Å². The molecule has 0 aliphatic carbocycles. The summed E-state index contributed by atoms with van der Waals surface area (Å²) in [6.45, 7) is 1.54. The van der Waals surface area contributed by atoms with Gasteiger partial charge in [0.25, 0.3) is 10.0 Å². The molecule has 1 aliphatic heterocycles. The van der Waals surface area contributed by atoms with Crippen LogP contribution in [0.1, 0.15) is 7.85 Å². The lowest BCUT2D eigenvalue weighted by molar-refractivity contribution is -0.122. The Morgan fingerprint density at radius 1 is 1.26 bits per heavy atom. The Hall–Kier alpha value is -3.15. The molecule has 1 aliphatic rings. The number of carbonyl (C=O) groups excluding carboxylic acids is 1. The van der Waals surface area contributed by atoms with E-state index in [0.29, 0.717) is 11.6 Å². The van der Waals surface area contributed by atoms with Crippen molar-refractivity contribution in [1.29, 1.82) is 0 Å². The average Bonchev–Trinajstić information content (AvgIpc) is 3.42. The number of halogens is 1. The monoisotopic (exact) mass is 520 g/mol. The number of nitrogens with zero attached hydrogens (tertiary/aromatic N) is 3. The van der Waals surface area contributed by atoms with E-state index in [1.54, 1.807) is 12.1 Å². The summed E-state index contributed by atoms with van der Waals surface area (Å²) in [5, 5.41) is 4.44. The molecule has 1 aromatic heterocycles. The summed E-state index contributed by atoms with van der Waals surface area (Å²) in [4.78, 5) is 18.4. The van der Waals surface area contributed by atoms with Gasteiger partial charge in [0.05, 0.1) is 21.8 Å². The number of rotatable bonds is 6. The maximum atomic E-state index is 12.7. The van der Waals surface area contributed by atoms with Gasteiger partial charge >= 0.3 is 0 Å². The lowest BCUT2D eigenvalue weighted by Gasteiger charge is -2.19. The predicted octanol–water partition coefficient (Wildman–Crippen LogP) is 2.49. The van der Waals surface area contributed by atoms with Gasteiger partial charge in [-0.1, -0.05) is 23.7 Å². The molecule has 0 bridgehead atoms. The quantitative estimate of drug-likeness (QED) is 0.261. The summed E-state index contributed by atoms with van der Waals surface area (Å²) in [5.74, 6) is -0.0899. The summed E-state index contributed by atoms with van der Waals surface area (Å²) in [5.41, 5.74) is 6.83. The van der Waals surface area contributed by atoms with Crippen LogP contribution < -0.4 is 20.7 Å². The highest BCUT2D eigenvalue weighted by atomic mass is 35.5. The van der Waals surface area contributed by atoms with E-state index in [9.17, 15) is 13.2 Å². The minimum atomic E-state index is -3.84. The van der Waals surface area contributed by atoms with Crippen LogP contribution in [-0.2, 0) is 21.4 Å². The Kier molecular flexibility index (Phi) is 7.05. The topological polar surface area (TPSA) is 122 Å². The van der Waals surface area contributed by atoms with Crippen molar-refractivity contribution >= 4 is 67.8 Å². The number of aromatic nitrogens is 1. The predicted molar refractivity (Wildman–Crippen MR) is 140 cm³/mol. The van der Waals surface area contributed by atoms with Crippen LogP contribution in [0.25, 0.3) is 10.9 Å². The summed E-state index contributed by atoms with van der Waals surface area (Å²) in [6.07, 6.45) is 3.56. The number of aliphatic imine (C=N–C) groups is 1. The normalized spacial score (nSPS) is 16.3. The van der Waals surface area contributed by atoms with Crippen LogP contribution in [0.4, 0.5) is 5.69 Å². The van der Waals surface area contributed by atoms with Crippen LogP contribution in [0.15, 0.2) is 64.6 Å². The number of nitrogens with one attached hydrogen (secondary N) is 2. The molecule has 1 atom stereocenters. The van der Waals surface area contributed by atoms with Gasteiger partial charge in [-0.2, -0.15) is 0 Å². The number of para-hydroxylation sites is 1. The number of thiocarbonyl (C=S) groups is 1. The van der Waals surface area contributed by atoms with Gasteiger partial charge in [0, 0.05) is 37.8 Å². The molecule has 12 heteroatoms. The lowest BCUT2D eigenvalue weighted by atomic mass is 10.2. The van der Waals surface area contributed by atoms with Crippen molar-refractivity contribution in [2.75, 3.05) is 18.0 Å². The van der Waals surface area contributed by atoms with Crippen LogP contribution in [0.2, 0.25) is 5.02 Å². The number of sulfonamides is 1. The van der Waals surface area contributed by atoms with Crippen LogP contribution in [0, 0.1) is 0 Å². The molecule has 9 nitrogen and oxygen atoms in total. The molecule has 3 aromatic rings. The second kappa shape index (κ2) is 10.00. The van der Waals surface area contributed by atoms with Gasteiger partial charge in [-0.15, -0.1) is 0 Å². The van der Waals surface area contributed by atoms with Gasteiger partial charge in [-0.3, -0.25) is 9.52 Å². The van der Waals surface area contributed by atoms with Crippen LogP contribution in [-0.4, -0.2) is 49.5 Å². The number of nitrogens with two attached hydrogens (primary N) is 1. The number of fused-ring (bicyclic) bond motifs is 1. The van der Waals surface area contributed by atoms with E-state index in [2.05, 4.69) is 19.9 Å². The fourth-order valence-electron chi connectivity index (χ4n) is 3.99. The van der Waals surface area contributed by atoms with Crippen LogP contribution in [0.5, 0.6) is 0 Å². The molecule has 34 heavy (non-hydrogen) atoms. The van der Waals surface area contributed by atoms with Crippen molar-refractivity contribution < 1.29 is 14.6 Å². The first-order chi connectivity index (χ1) is 16.3. The standard InChI is InChI=1S/C22H23ClN6O3S2.H2/c23-19-3-1-2-15-8-10-29(21(15)19)13-20(30)26-16-9-11-28(12-16)17-4-6-18(7-5-17)34(31,32)27-22(33)25-14-24;/h1-8,10,14,16H,9,11-13H2,(H,26,30)(H3,24,25,27,33);1H/t16-;/m0./s1. The second-order valence-electron chi connectivity index (χ2n) is 7.80. The van der Waals surface area contributed by atoms with Gasteiger partial charge in [0.15, 0.2) is 0 Å². The Morgan fingerprint density at radius 2 is 2.03 bits per heavy atom. The van der Waals surface area contributed by atoms with Gasteiger partial charge in [0.2, 0.25) is 11.0 Å². The van der Waals surface area contributed by atoms with E-state index in [0.717, 1.165) is 35.9 Å². The molecule has 0 spiro atoms. The van der Waals surface area contributed by atoms with Crippen molar-refractivity contribution in [2.45, 2.75) is 23.9 Å². The molecule has 0 radical (unpaired) electrons. The number of hydrogen-bond donors (Lipinski definition) is 3. The van der Waals surface area contributed by atoms with E-state index in [-0.39, 0.29) is 29.9 Å².